The van der Waals surface area contributed by atoms with Gasteiger partial charge >= 0.3 is 0 Å². The Morgan fingerprint density at radius 1 is 0.931 bits per heavy atom. The Kier molecular flexibility index (Phi) is 5.34. The Labute approximate surface area is 176 Å². The third-order valence-corrected chi connectivity index (χ3v) is 4.99. The van der Waals surface area contributed by atoms with Crippen LogP contribution in [0.1, 0.15) is 5.56 Å². The third kappa shape index (κ3) is 4.01. The Bertz CT molecular complexity index is 1350. The van der Waals surface area contributed by atoms with Crippen LogP contribution in [0.2, 0.25) is 10.0 Å². The van der Waals surface area contributed by atoms with Crippen molar-refractivity contribution in [1.29, 1.82) is 0 Å². The van der Waals surface area contributed by atoms with Gasteiger partial charge in [0.2, 0.25) is 0 Å². The summed E-state index contributed by atoms with van der Waals surface area (Å²) in [6.45, 7) is 1.89. The molecule has 2 aromatic carbocycles. The summed E-state index contributed by atoms with van der Waals surface area (Å²) >= 11 is 12.6. The van der Waals surface area contributed by atoms with E-state index in [0.717, 1.165) is 5.56 Å². The van der Waals surface area contributed by atoms with Gasteiger partial charge in [0.15, 0.2) is 5.49 Å². The smallest absolute Gasteiger partial charge is 0.258 e. The van der Waals surface area contributed by atoms with Crippen LogP contribution in [0.4, 0.5) is 17.1 Å². The van der Waals surface area contributed by atoms with E-state index in [1.807, 2.05) is 43.3 Å². The van der Waals surface area contributed by atoms with E-state index >= 15 is 0 Å². The number of aryl methyl sites for hydroxylation is 1. The average molecular weight is 423 g/mol. The first-order chi connectivity index (χ1) is 14.0. The number of nitrogens with zero attached hydrogens (tertiary/aromatic N) is 3. The molecule has 0 spiro atoms. The van der Waals surface area contributed by atoms with Crippen LogP contribution in [0.5, 0.6) is 0 Å². The van der Waals surface area contributed by atoms with Gasteiger partial charge in [-0.25, -0.2) is 9.98 Å². The molecule has 0 aliphatic carbocycles. The van der Waals surface area contributed by atoms with Crippen LogP contribution in [-0.2, 0) is 0 Å². The number of hydrogen-bond donors (Lipinski definition) is 1. The molecule has 144 valence electrons. The number of rotatable bonds is 3. The molecule has 0 fully saturated rings. The predicted molar refractivity (Wildman–Crippen MR) is 118 cm³/mol. The number of hydrogen-bond acceptors (Lipinski definition) is 4. The third-order valence-electron chi connectivity index (χ3n) is 4.34. The van der Waals surface area contributed by atoms with Crippen molar-refractivity contribution >= 4 is 45.9 Å². The summed E-state index contributed by atoms with van der Waals surface area (Å²) in [6.07, 6.45) is 1.68. The van der Waals surface area contributed by atoms with E-state index in [1.54, 1.807) is 30.5 Å². The second-order valence-electron chi connectivity index (χ2n) is 6.38. The molecule has 0 saturated carbocycles. The lowest BCUT2D eigenvalue weighted by atomic mass is 10.3. The molecule has 4 aromatic rings. The molecule has 0 atom stereocenters. The topological polar surface area (TPSA) is 58.8 Å². The molecule has 7 heteroatoms. The van der Waals surface area contributed by atoms with Crippen LogP contribution in [0.25, 0.3) is 5.65 Å². The van der Waals surface area contributed by atoms with Crippen molar-refractivity contribution in [3.8, 4) is 0 Å². The fourth-order valence-electron chi connectivity index (χ4n) is 2.89. The molecule has 5 nitrogen and oxygen atoms in total. The zero-order valence-electron chi connectivity index (χ0n) is 15.4. The van der Waals surface area contributed by atoms with Crippen molar-refractivity contribution in [2.24, 2.45) is 4.99 Å². The summed E-state index contributed by atoms with van der Waals surface area (Å²) in [5, 5.41) is 4.19. The van der Waals surface area contributed by atoms with Crippen LogP contribution in [0.15, 0.2) is 82.7 Å². The van der Waals surface area contributed by atoms with Gasteiger partial charge in [0.05, 0.1) is 27.1 Å². The minimum Gasteiger partial charge on any atom is -0.351 e. The molecule has 4 rings (SSSR count). The Balaban J connectivity index is 2.07. The summed E-state index contributed by atoms with van der Waals surface area (Å²) in [5.74, 6) is 0. The molecule has 29 heavy (non-hydrogen) atoms. The Morgan fingerprint density at radius 3 is 2.41 bits per heavy atom. The van der Waals surface area contributed by atoms with Crippen LogP contribution < -0.4 is 16.4 Å². The highest BCUT2D eigenvalue weighted by Crippen LogP contribution is 2.25. The maximum Gasteiger partial charge on any atom is 0.258 e. The van der Waals surface area contributed by atoms with E-state index in [-0.39, 0.29) is 5.56 Å². The monoisotopic (exact) mass is 422 g/mol. The number of halogens is 2. The average Bonchev–Trinajstić information content (AvgIpc) is 2.83. The minimum absolute atomic E-state index is 0.244. The van der Waals surface area contributed by atoms with Crippen molar-refractivity contribution in [3.05, 3.63) is 104 Å². The lowest BCUT2D eigenvalue weighted by molar-refractivity contribution is 1.05. The van der Waals surface area contributed by atoms with Gasteiger partial charge in [-0.1, -0.05) is 53.5 Å². The summed E-state index contributed by atoms with van der Waals surface area (Å²) in [4.78, 5) is 22.2. The van der Waals surface area contributed by atoms with Crippen molar-refractivity contribution in [3.63, 3.8) is 0 Å². The van der Waals surface area contributed by atoms with Crippen molar-refractivity contribution < 1.29 is 0 Å². The molecule has 0 amide bonds. The van der Waals surface area contributed by atoms with Gasteiger partial charge in [-0.05, 0) is 42.8 Å². The maximum absolute atomic E-state index is 12.9. The molecule has 0 bridgehead atoms. The highest BCUT2D eigenvalue weighted by Gasteiger charge is 2.08. The zero-order chi connectivity index (χ0) is 20.4. The lowest BCUT2D eigenvalue weighted by Crippen LogP contribution is -2.11. The SMILES string of the molecule is Cc1cccn2c(=O)cc(Nc3ccccc3Cl)c(=Nc3ccccc3Cl)nc12. The number of aromatic nitrogens is 2. The maximum atomic E-state index is 12.9. The quantitative estimate of drug-likeness (QED) is 0.488. The molecule has 0 aliphatic rings. The fourth-order valence-corrected chi connectivity index (χ4v) is 3.25. The second-order valence-corrected chi connectivity index (χ2v) is 7.20. The van der Waals surface area contributed by atoms with E-state index < -0.39 is 0 Å². The van der Waals surface area contributed by atoms with Gasteiger partial charge in [0, 0.05) is 12.3 Å². The van der Waals surface area contributed by atoms with E-state index in [9.17, 15) is 4.79 Å². The highest BCUT2D eigenvalue weighted by atomic mass is 35.5. The van der Waals surface area contributed by atoms with Crippen molar-refractivity contribution in [2.45, 2.75) is 6.92 Å². The number of fused-ring (bicyclic) bond motifs is 1. The van der Waals surface area contributed by atoms with Crippen LogP contribution in [0, 0.1) is 6.92 Å². The molecule has 0 aliphatic heterocycles. The normalized spacial score (nSPS) is 11.6. The predicted octanol–water partition coefficient (Wildman–Crippen LogP) is 5.29. The van der Waals surface area contributed by atoms with E-state index in [2.05, 4.69) is 10.3 Å². The second kappa shape index (κ2) is 8.07. The number of benzene rings is 2. The molecule has 2 heterocycles. The number of anilines is 2. The van der Waals surface area contributed by atoms with E-state index in [1.165, 1.54) is 10.5 Å². The molecule has 0 radical (unpaired) electrons. The molecular weight excluding hydrogens is 407 g/mol. The Hall–Kier alpha value is -3.15. The van der Waals surface area contributed by atoms with Gasteiger partial charge in [0.1, 0.15) is 5.65 Å². The van der Waals surface area contributed by atoms with Crippen LogP contribution >= 0.6 is 23.2 Å². The fraction of sp³-hybridized carbons (Fsp3) is 0.0455. The Morgan fingerprint density at radius 2 is 1.66 bits per heavy atom. The molecule has 2 aromatic heterocycles. The number of pyridine rings is 1. The first kappa shape index (κ1) is 19.2. The summed E-state index contributed by atoms with van der Waals surface area (Å²) in [5.41, 5.74) is 3.05. The van der Waals surface area contributed by atoms with Gasteiger partial charge in [-0.2, -0.15) is 0 Å². The van der Waals surface area contributed by atoms with Gasteiger partial charge in [-0.3, -0.25) is 9.20 Å². The number of para-hydroxylation sites is 2. The van der Waals surface area contributed by atoms with E-state index in [0.29, 0.717) is 38.2 Å². The van der Waals surface area contributed by atoms with Crippen molar-refractivity contribution in [2.75, 3.05) is 5.32 Å². The molecular formula is C22H16Cl2N4O. The highest BCUT2D eigenvalue weighted by molar-refractivity contribution is 6.33. The van der Waals surface area contributed by atoms with Crippen LogP contribution in [0.3, 0.4) is 0 Å². The van der Waals surface area contributed by atoms with Gasteiger partial charge in [0.25, 0.3) is 5.56 Å². The minimum atomic E-state index is -0.244. The summed E-state index contributed by atoms with van der Waals surface area (Å²) in [6, 6.07) is 19.6. The van der Waals surface area contributed by atoms with Gasteiger partial charge < -0.3 is 5.32 Å². The summed E-state index contributed by atoms with van der Waals surface area (Å²) < 4.78 is 1.48. The molecule has 0 saturated heterocycles. The van der Waals surface area contributed by atoms with Crippen LogP contribution in [-0.4, -0.2) is 9.38 Å². The van der Waals surface area contributed by atoms with E-state index in [4.69, 9.17) is 28.2 Å². The largest absolute Gasteiger partial charge is 0.351 e. The standard InChI is InChI=1S/C22H16Cl2N4O/c1-14-7-6-12-28-20(29)13-19(25-17-10-4-2-8-15(17)23)21(27-22(14)28)26-18-11-5-3-9-16(18)24/h2-13,25H,1H3. The number of nitrogens with one attached hydrogen (secondary N) is 1. The van der Waals surface area contributed by atoms with Crippen molar-refractivity contribution in [1.82, 2.24) is 9.38 Å². The van der Waals surface area contributed by atoms with Gasteiger partial charge in [-0.15, -0.1) is 0 Å². The zero-order valence-corrected chi connectivity index (χ0v) is 16.9. The molecule has 0 unspecified atom stereocenters. The lowest BCUT2D eigenvalue weighted by Gasteiger charge is -2.06. The first-order valence-electron chi connectivity index (χ1n) is 8.87. The summed E-state index contributed by atoms with van der Waals surface area (Å²) in [7, 11) is 0. The molecule has 1 N–H and O–H groups in total. The first-order valence-corrected chi connectivity index (χ1v) is 9.63.